The molecule has 6 heteroatoms. The predicted octanol–water partition coefficient (Wildman–Crippen LogP) is 1.73. The van der Waals surface area contributed by atoms with Crippen molar-refractivity contribution in [3.05, 3.63) is 39.9 Å². The number of ether oxygens (including phenoxy) is 1. The first-order valence-electron chi connectivity index (χ1n) is 6.13. The van der Waals surface area contributed by atoms with Gasteiger partial charge in [-0.15, -0.1) is 0 Å². The number of benzene rings is 1. The van der Waals surface area contributed by atoms with Crippen LogP contribution in [0.5, 0.6) is 0 Å². The quantitative estimate of drug-likeness (QED) is 0.579. The molecule has 1 amide bonds. The molecule has 0 N–H and O–H groups in total. The Hall–Kier alpha value is -1.95. The zero-order valence-corrected chi connectivity index (χ0v) is 10.7. The fraction of sp³-hybridized carbons (Fsp3) is 0.462. The Bertz CT molecular complexity index is 485. The molecule has 1 aliphatic carbocycles. The second-order valence-corrected chi connectivity index (χ2v) is 4.61. The number of hydrogen-bond acceptors (Lipinski definition) is 4. The Kier molecular flexibility index (Phi) is 4.11. The van der Waals surface area contributed by atoms with E-state index in [1.165, 1.54) is 19.2 Å². The summed E-state index contributed by atoms with van der Waals surface area (Å²) < 4.78 is 4.86. The van der Waals surface area contributed by atoms with Crippen LogP contribution in [-0.2, 0) is 16.1 Å². The van der Waals surface area contributed by atoms with E-state index in [-0.39, 0.29) is 24.2 Å². The molecule has 0 bridgehead atoms. The molecule has 0 saturated heterocycles. The van der Waals surface area contributed by atoms with E-state index in [0.717, 1.165) is 18.4 Å². The third-order valence-electron chi connectivity index (χ3n) is 3.05. The van der Waals surface area contributed by atoms with Crippen molar-refractivity contribution in [1.29, 1.82) is 0 Å². The minimum atomic E-state index is -0.429. The lowest BCUT2D eigenvalue weighted by Crippen LogP contribution is -2.35. The number of rotatable bonds is 6. The number of hydrogen-bond donors (Lipinski definition) is 0. The van der Waals surface area contributed by atoms with Crippen LogP contribution in [-0.4, -0.2) is 35.5 Å². The number of nitro groups is 1. The summed E-state index contributed by atoms with van der Waals surface area (Å²) in [6, 6.07) is 6.64. The van der Waals surface area contributed by atoms with Gasteiger partial charge in [-0.3, -0.25) is 14.9 Å². The molecular weight excluding hydrogens is 248 g/mol. The van der Waals surface area contributed by atoms with Crippen LogP contribution in [0.4, 0.5) is 5.69 Å². The van der Waals surface area contributed by atoms with Gasteiger partial charge in [0.25, 0.3) is 5.69 Å². The molecule has 1 fully saturated rings. The Morgan fingerprint density at radius 1 is 1.53 bits per heavy atom. The van der Waals surface area contributed by atoms with E-state index >= 15 is 0 Å². The highest BCUT2D eigenvalue weighted by atomic mass is 16.6. The monoisotopic (exact) mass is 264 g/mol. The first-order valence-corrected chi connectivity index (χ1v) is 6.13. The van der Waals surface area contributed by atoms with Crippen molar-refractivity contribution >= 4 is 11.6 Å². The minimum absolute atomic E-state index is 0.0471. The smallest absolute Gasteiger partial charge is 0.269 e. The molecule has 0 aliphatic heterocycles. The highest BCUT2D eigenvalue weighted by Gasteiger charge is 2.32. The SMILES string of the molecule is COCC(=O)N(Cc1cccc([N+](=O)[O-])c1)C1CC1. The maximum absolute atomic E-state index is 11.9. The third-order valence-corrected chi connectivity index (χ3v) is 3.05. The van der Waals surface area contributed by atoms with Crippen molar-refractivity contribution in [2.45, 2.75) is 25.4 Å². The molecule has 6 nitrogen and oxygen atoms in total. The summed E-state index contributed by atoms with van der Waals surface area (Å²) in [5.41, 5.74) is 0.818. The molecule has 0 atom stereocenters. The molecule has 1 aromatic rings. The van der Waals surface area contributed by atoms with E-state index < -0.39 is 4.92 Å². The van der Waals surface area contributed by atoms with Gasteiger partial charge in [0.1, 0.15) is 6.61 Å². The van der Waals surface area contributed by atoms with Crippen molar-refractivity contribution in [2.75, 3.05) is 13.7 Å². The van der Waals surface area contributed by atoms with Gasteiger partial charge in [0.05, 0.1) is 4.92 Å². The van der Waals surface area contributed by atoms with E-state index in [2.05, 4.69) is 0 Å². The number of nitrogens with zero attached hydrogens (tertiary/aromatic N) is 2. The molecule has 0 aromatic heterocycles. The topological polar surface area (TPSA) is 72.7 Å². The zero-order chi connectivity index (χ0) is 13.8. The largest absolute Gasteiger partial charge is 0.375 e. The maximum Gasteiger partial charge on any atom is 0.269 e. The Balaban J connectivity index is 2.10. The van der Waals surface area contributed by atoms with Gasteiger partial charge in [-0.2, -0.15) is 0 Å². The number of amides is 1. The molecule has 1 saturated carbocycles. The van der Waals surface area contributed by atoms with Crippen LogP contribution >= 0.6 is 0 Å². The second kappa shape index (κ2) is 5.79. The van der Waals surface area contributed by atoms with Crippen LogP contribution in [0.3, 0.4) is 0 Å². The number of methoxy groups -OCH3 is 1. The fourth-order valence-corrected chi connectivity index (χ4v) is 1.98. The lowest BCUT2D eigenvalue weighted by Gasteiger charge is -2.22. The van der Waals surface area contributed by atoms with Gasteiger partial charge in [-0.1, -0.05) is 12.1 Å². The highest BCUT2D eigenvalue weighted by molar-refractivity contribution is 5.78. The third kappa shape index (κ3) is 3.51. The van der Waals surface area contributed by atoms with Crippen molar-refractivity contribution in [3.8, 4) is 0 Å². The van der Waals surface area contributed by atoms with E-state index in [9.17, 15) is 14.9 Å². The van der Waals surface area contributed by atoms with Crippen molar-refractivity contribution < 1.29 is 14.5 Å². The van der Waals surface area contributed by atoms with E-state index in [0.29, 0.717) is 6.54 Å². The number of carbonyl (C=O) groups is 1. The van der Waals surface area contributed by atoms with Gasteiger partial charge in [-0.25, -0.2) is 0 Å². The molecule has 1 aromatic carbocycles. The number of carbonyl (C=O) groups excluding carboxylic acids is 1. The van der Waals surface area contributed by atoms with Gasteiger partial charge in [0.2, 0.25) is 5.91 Å². The molecule has 0 heterocycles. The highest BCUT2D eigenvalue weighted by Crippen LogP contribution is 2.29. The van der Waals surface area contributed by atoms with Crippen LogP contribution in [0.15, 0.2) is 24.3 Å². The predicted molar refractivity (Wildman–Crippen MR) is 68.5 cm³/mol. The molecule has 102 valence electrons. The Morgan fingerprint density at radius 2 is 2.26 bits per heavy atom. The molecule has 19 heavy (non-hydrogen) atoms. The summed E-state index contributed by atoms with van der Waals surface area (Å²) in [5.74, 6) is -0.0727. The lowest BCUT2D eigenvalue weighted by molar-refractivity contribution is -0.384. The van der Waals surface area contributed by atoms with Gasteiger partial charge in [-0.05, 0) is 18.4 Å². The second-order valence-electron chi connectivity index (χ2n) is 4.61. The van der Waals surface area contributed by atoms with Crippen LogP contribution in [0.1, 0.15) is 18.4 Å². The average molecular weight is 264 g/mol. The minimum Gasteiger partial charge on any atom is -0.375 e. The van der Waals surface area contributed by atoms with Crippen molar-refractivity contribution in [3.63, 3.8) is 0 Å². The van der Waals surface area contributed by atoms with Crippen molar-refractivity contribution in [1.82, 2.24) is 4.90 Å². The lowest BCUT2D eigenvalue weighted by atomic mass is 10.2. The normalized spacial score (nSPS) is 14.2. The van der Waals surface area contributed by atoms with E-state index in [4.69, 9.17) is 4.74 Å². The fourth-order valence-electron chi connectivity index (χ4n) is 1.98. The van der Waals surface area contributed by atoms with Gasteiger partial charge in [0, 0.05) is 31.8 Å². The van der Waals surface area contributed by atoms with E-state index in [1.807, 2.05) is 0 Å². The first-order chi connectivity index (χ1) is 9.11. The standard InChI is InChI=1S/C13H16N2O4/c1-19-9-13(16)14(11-5-6-11)8-10-3-2-4-12(7-10)15(17)18/h2-4,7,11H,5-6,8-9H2,1H3. The van der Waals surface area contributed by atoms with Crippen molar-refractivity contribution in [2.24, 2.45) is 0 Å². The number of non-ortho nitro benzene ring substituents is 1. The molecule has 0 spiro atoms. The molecule has 1 aliphatic rings. The Morgan fingerprint density at radius 3 is 2.84 bits per heavy atom. The van der Waals surface area contributed by atoms with Crippen LogP contribution in [0, 0.1) is 10.1 Å². The zero-order valence-electron chi connectivity index (χ0n) is 10.7. The molecule has 0 radical (unpaired) electrons. The molecule has 0 unspecified atom stereocenters. The summed E-state index contributed by atoms with van der Waals surface area (Å²) in [6.45, 7) is 0.444. The van der Waals surface area contributed by atoms with Gasteiger partial charge in [0.15, 0.2) is 0 Å². The molecule has 2 rings (SSSR count). The molecular formula is C13H16N2O4. The summed E-state index contributed by atoms with van der Waals surface area (Å²) >= 11 is 0. The summed E-state index contributed by atoms with van der Waals surface area (Å²) in [6.07, 6.45) is 1.98. The van der Waals surface area contributed by atoms with Gasteiger partial charge < -0.3 is 9.64 Å². The maximum atomic E-state index is 11.9. The summed E-state index contributed by atoms with van der Waals surface area (Å²) in [4.78, 5) is 24.0. The number of nitro benzene ring substituents is 1. The average Bonchev–Trinajstić information content (AvgIpc) is 3.20. The van der Waals surface area contributed by atoms with Gasteiger partial charge >= 0.3 is 0 Å². The summed E-state index contributed by atoms with van der Waals surface area (Å²) in [5, 5.41) is 10.7. The van der Waals surface area contributed by atoms with Crippen LogP contribution < -0.4 is 0 Å². The Labute approximate surface area is 111 Å². The van der Waals surface area contributed by atoms with E-state index in [1.54, 1.807) is 17.0 Å². The first kappa shape index (κ1) is 13.5. The van der Waals surface area contributed by atoms with Crippen LogP contribution in [0.2, 0.25) is 0 Å². The summed E-state index contributed by atoms with van der Waals surface area (Å²) in [7, 11) is 1.48. The van der Waals surface area contributed by atoms with Crippen LogP contribution in [0.25, 0.3) is 0 Å².